The zero-order valence-electron chi connectivity index (χ0n) is 15.7. The molecule has 2 aromatic carbocycles. The average molecular weight is 355 g/mol. The van der Waals surface area contributed by atoms with Crippen LogP contribution in [-0.2, 0) is 17.8 Å². The van der Waals surface area contributed by atoms with Gasteiger partial charge in [-0.1, -0.05) is 48.5 Å². The maximum Gasteiger partial charge on any atom is 0.236 e. The van der Waals surface area contributed by atoms with Crippen LogP contribution in [0.3, 0.4) is 0 Å². The molecule has 0 spiro atoms. The molecular formula is C21H29N3O2. The summed E-state index contributed by atoms with van der Waals surface area (Å²) in [4.78, 5) is 16.5. The summed E-state index contributed by atoms with van der Waals surface area (Å²) in [6.45, 7) is 2.96. The minimum Gasteiger partial charge on any atom is -0.496 e. The Morgan fingerprint density at radius 3 is 2.42 bits per heavy atom. The summed E-state index contributed by atoms with van der Waals surface area (Å²) in [6.07, 6.45) is 0.907. The van der Waals surface area contributed by atoms with Crippen molar-refractivity contribution in [3.8, 4) is 5.75 Å². The molecule has 0 aliphatic rings. The molecule has 0 heterocycles. The van der Waals surface area contributed by atoms with Crippen molar-refractivity contribution in [2.45, 2.75) is 13.0 Å². The number of benzene rings is 2. The third kappa shape index (κ3) is 6.17. The van der Waals surface area contributed by atoms with Crippen molar-refractivity contribution in [3.63, 3.8) is 0 Å². The fraction of sp³-hybridized carbons (Fsp3) is 0.381. The number of para-hydroxylation sites is 1. The van der Waals surface area contributed by atoms with Crippen molar-refractivity contribution in [2.24, 2.45) is 5.73 Å². The first-order valence-corrected chi connectivity index (χ1v) is 8.96. The van der Waals surface area contributed by atoms with Crippen LogP contribution in [0, 0.1) is 0 Å². The topological polar surface area (TPSA) is 58.8 Å². The van der Waals surface area contributed by atoms with Crippen LogP contribution in [0.15, 0.2) is 54.6 Å². The summed E-state index contributed by atoms with van der Waals surface area (Å²) in [6, 6.07) is 18.1. The number of ether oxygens (including phenoxy) is 1. The lowest BCUT2D eigenvalue weighted by Crippen LogP contribution is -2.41. The molecule has 2 rings (SSSR count). The highest BCUT2D eigenvalue weighted by Gasteiger charge is 2.15. The summed E-state index contributed by atoms with van der Waals surface area (Å²) in [5.41, 5.74) is 8.00. The Balaban J connectivity index is 1.91. The number of rotatable bonds is 10. The minimum absolute atomic E-state index is 0.0809. The number of likely N-dealkylation sites (N-methyl/N-ethyl adjacent to an activating group) is 1. The molecule has 26 heavy (non-hydrogen) atoms. The fourth-order valence-electron chi connectivity index (χ4n) is 2.87. The number of amides is 1. The van der Waals surface area contributed by atoms with Gasteiger partial charge in [0.1, 0.15) is 5.75 Å². The van der Waals surface area contributed by atoms with E-state index in [0.29, 0.717) is 26.2 Å². The van der Waals surface area contributed by atoms with Crippen molar-refractivity contribution in [1.29, 1.82) is 0 Å². The normalized spacial score (nSPS) is 10.8. The van der Waals surface area contributed by atoms with Gasteiger partial charge in [0.2, 0.25) is 5.91 Å². The van der Waals surface area contributed by atoms with Gasteiger partial charge < -0.3 is 15.4 Å². The Kier molecular flexibility index (Phi) is 8.12. The van der Waals surface area contributed by atoms with Gasteiger partial charge >= 0.3 is 0 Å². The fourth-order valence-corrected chi connectivity index (χ4v) is 2.87. The largest absolute Gasteiger partial charge is 0.496 e. The van der Waals surface area contributed by atoms with Gasteiger partial charge in [-0.15, -0.1) is 0 Å². The average Bonchev–Trinajstić information content (AvgIpc) is 2.67. The zero-order chi connectivity index (χ0) is 18.8. The molecule has 5 heteroatoms. The van der Waals surface area contributed by atoms with Gasteiger partial charge in [-0.2, -0.15) is 0 Å². The van der Waals surface area contributed by atoms with Gasteiger partial charge in [-0.25, -0.2) is 0 Å². The SMILES string of the molecule is COc1ccccc1CN(C)C(=O)CN(CCN)CCc1ccccc1. The second-order valence-corrected chi connectivity index (χ2v) is 6.36. The Morgan fingerprint density at radius 1 is 1.04 bits per heavy atom. The molecule has 2 N–H and O–H groups in total. The van der Waals surface area contributed by atoms with E-state index in [1.54, 1.807) is 12.0 Å². The molecule has 5 nitrogen and oxygen atoms in total. The van der Waals surface area contributed by atoms with Crippen molar-refractivity contribution in [3.05, 3.63) is 65.7 Å². The highest BCUT2D eigenvalue weighted by atomic mass is 16.5. The molecule has 0 aliphatic carbocycles. The molecule has 0 saturated heterocycles. The van der Waals surface area contributed by atoms with E-state index in [2.05, 4.69) is 17.0 Å². The predicted molar refractivity (Wildman–Crippen MR) is 105 cm³/mol. The van der Waals surface area contributed by atoms with Crippen molar-refractivity contribution in [1.82, 2.24) is 9.80 Å². The monoisotopic (exact) mass is 355 g/mol. The summed E-state index contributed by atoms with van der Waals surface area (Å²) in [5, 5.41) is 0. The quantitative estimate of drug-likeness (QED) is 0.709. The second-order valence-electron chi connectivity index (χ2n) is 6.36. The van der Waals surface area contributed by atoms with Crippen LogP contribution in [0.5, 0.6) is 5.75 Å². The van der Waals surface area contributed by atoms with E-state index in [0.717, 1.165) is 24.3 Å². The van der Waals surface area contributed by atoms with Crippen LogP contribution in [-0.4, -0.2) is 56.0 Å². The Bertz CT molecular complexity index is 676. The van der Waals surface area contributed by atoms with Crippen LogP contribution in [0.2, 0.25) is 0 Å². The first kappa shape index (κ1) is 19.9. The first-order valence-electron chi connectivity index (χ1n) is 8.96. The first-order chi connectivity index (χ1) is 12.6. The van der Waals surface area contributed by atoms with Crippen LogP contribution < -0.4 is 10.5 Å². The highest BCUT2D eigenvalue weighted by molar-refractivity contribution is 5.78. The highest BCUT2D eigenvalue weighted by Crippen LogP contribution is 2.18. The van der Waals surface area contributed by atoms with Crippen LogP contribution >= 0.6 is 0 Å². The second kappa shape index (κ2) is 10.6. The summed E-state index contributed by atoms with van der Waals surface area (Å²) in [7, 11) is 3.47. The standard InChI is InChI=1S/C21H29N3O2/c1-23(16-19-10-6-7-11-20(19)26-2)21(25)17-24(15-13-22)14-12-18-8-4-3-5-9-18/h3-11H,12-17,22H2,1-2H3. The molecule has 0 radical (unpaired) electrons. The van der Waals surface area contributed by atoms with Gasteiger partial charge in [0.25, 0.3) is 0 Å². The molecule has 0 aliphatic heterocycles. The molecule has 0 bridgehead atoms. The maximum absolute atomic E-state index is 12.6. The molecule has 1 amide bonds. The van der Waals surface area contributed by atoms with Crippen molar-refractivity contribution < 1.29 is 9.53 Å². The van der Waals surface area contributed by atoms with E-state index >= 15 is 0 Å². The number of nitrogens with two attached hydrogens (primary N) is 1. The third-order valence-electron chi connectivity index (χ3n) is 4.39. The number of carbonyl (C=O) groups is 1. The number of hydrogen-bond acceptors (Lipinski definition) is 4. The summed E-state index contributed by atoms with van der Waals surface area (Å²) >= 11 is 0. The molecule has 0 unspecified atom stereocenters. The van der Waals surface area contributed by atoms with Crippen LogP contribution in [0.25, 0.3) is 0 Å². The van der Waals surface area contributed by atoms with Gasteiger partial charge in [-0.05, 0) is 18.1 Å². The number of carbonyl (C=O) groups excluding carboxylic acids is 1. The van der Waals surface area contributed by atoms with Gasteiger partial charge in [0.15, 0.2) is 0 Å². The Hall–Kier alpha value is -2.37. The molecule has 0 saturated carbocycles. The zero-order valence-corrected chi connectivity index (χ0v) is 15.7. The van der Waals surface area contributed by atoms with Crippen molar-refractivity contribution in [2.75, 3.05) is 40.3 Å². The Morgan fingerprint density at radius 2 is 1.73 bits per heavy atom. The van der Waals surface area contributed by atoms with Crippen LogP contribution in [0.4, 0.5) is 0 Å². The van der Waals surface area contributed by atoms with E-state index in [1.807, 2.05) is 49.5 Å². The number of nitrogens with zero attached hydrogens (tertiary/aromatic N) is 2. The van der Waals surface area contributed by atoms with E-state index < -0.39 is 0 Å². The maximum atomic E-state index is 12.6. The van der Waals surface area contributed by atoms with E-state index in [4.69, 9.17) is 10.5 Å². The van der Waals surface area contributed by atoms with Gasteiger partial charge in [-0.3, -0.25) is 9.69 Å². The molecule has 2 aromatic rings. The third-order valence-corrected chi connectivity index (χ3v) is 4.39. The minimum atomic E-state index is 0.0809. The van der Waals surface area contributed by atoms with Crippen molar-refractivity contribution >= 4 is 5.91 Å². The molecule has 0 aromatic heterocycles. The lowest BCUT2D eigenvalue weighted by Gasteiger charge is -2.25. The van der Waals surface area contributed by atoms with Crippen LogP contribution in [0.1, 0.15) is 11.1 Å². The van der Waals surface area contributed by atoms with Gasteiger partial charge in [0.05, 0.1) is 13.7 Å². The Labute approximate surface area is 156 Å². The lowest BCUT2D eigenvalue weighted by molar-refractivity contribution is -0.131. The van der Waals surface area contributed by atoms with Gasteiger partial charge in [0, 0.05) is 38.8 Å². The van der Waals surface area contributed by atoms with E-state index in [1.165, 1.54) is 5.56 Å². The lowest BCUT2D eigenvalue weighted by atomic mass is 10.1. The summed E-state index contributed by atoms with van der Waals surface area (Å²) in [5.74, 6) is 0.882. The molecule has 0 atom stereocenters. The number of methoxy groups -OCH3 is 1. The molecule has 140 valence electrons. The van der Waals surface area contributed by atoms with E-state index in [9.17, 15) is 4.79 Å². The molecule has 0 fully saturated rings. The summed E-state index contributed by atoms with van der Waals surface area (Å²) < 4.78 is 5.37. The van der Waals surface area contributed by atoms with E-state index in [-0.39, 0.29) is 5.91 Å². The molecular weight excluding hydrogens is 326 g/mol. The number of hydrogen-bond donors (Lipinski definition) is 1. The smallest absolute Gasteiger partial charge is 0.236 e. The predicted octanol–water partition coefficient (Wildman–Crippen LogP) is 2.16.